The molecular weight excluding hydrogens is 204 g/mol. The predicted octanol–water partition coefficient (Wildman–Crippen LogP) is 3.22. The van der Waals surface area contributed by atoms with E-state index >= 15 is 0 Å². The Morgan fingerprint density at radius 3 is 2.55 bits per heavy atom. The van der Waals surface area contributed by atoms with Crippen molar-refractivity contribution in [3.05, 3.63) is 23.2 Å². The molecule has 0 aliphatic rings. The van der Waals surface area contributed by atoms with E-state index < -0.39 is 0 Å². The van der Waals surface area contributed by atoms with Crippen molar-refractivity contribution < 1.29 is 4.42 Å². The second kappa shape index (κ2) is 3.44. The minimum atomic E-state index is 0.526. The van der Waals surface area contributed by atoms with Gasteiger partial charge in [-0.25, -0.2) is 0 Å². The van der Waals surface area contributed by atoms with Gasteiger partial charge in [0.15, 0.2) is 0 Å². The van der Waals surface area contributed by atoms with Crippen LogP contribution in [0.4, 0.5) is 0 Å². The molecule has 0 radical (unpaired) electrons. The molecule has 62 valence electrons. The Hall–Kier alpha value is -0.240. The molecule has 2 heteroatoms. The molecule has 0 N–H and O–H groups in total. The molecule has 0 aliphatic heterocycles. The molecule has 0 bridgehead atoms. The van der Waals surface area contributed by atoms with Crippen LogP contribution < -0.4 is 0 Å². The van der Waals surface area contributed by atoms with Crippen molar-refractivity contribution in [3.8, 4) is 0 Å². The van der Waals surface area contributed by atoms with E-state index in [2.05, 4.69) is 28.9 Å². The van der Waals surface area contributed by atoms with Gasteiger partial charge in [0.1, 0.15) is 11.5 Å². The zero-order chi connectivity index (χ0) is 8.43. The Kier molecular flexibility index (Phi) is 2.77. The standard InChI is InChI=1S/C9H13BrO/c1-6(10)4-9-5-7(2)11-8(9)3/h5-6H,4H2,1-3H3. The number of halogens is 1. The fourth-order valence-corrected chi connectivity index (χ4v) is 1.54. The summed E-state index contributed by atoms with van der Waals surface area (Å²) in [6, 6.07) is 2.10. The fraction of sp³-hybridized carbons (Fsp3) is 0.556. The summed E-state index contributed by atoms with van der Waals surface area (Å²) in [6.07, 6.45) is 1.04. The van der Waals surface area contributed by atoms with E-state index in [0.717, 1.165) is 17.9 Å². The molecule has 0 aromatic carbocycles. The molecule has 1 rings (SSSR count). The Bertz CT molecular complexity index is 238. The third-order valence-corrected chi connectivity index (χ3v) is 1.97. The van der Waals surface area contributed by atoms with E-state index in [1.807, 2.05) is 13.8 Å². The Morgan fingerprint density at radius 2 is 2.18 bits per heavy atom. The predicted molar refractivity (Wildman–Crippen MR) is 50.3 cm³/mol. The lowest BCUT2D eigenvalue weighted by molar-refractivity contribution is 0.501. The molecule has 11 heavy (non-hydrogen) atoms. The highest BCUT2D eigenvalue weighted by Crippen LogP contribution is 2.17. The van der Waals surface area contributed by atoms with E-state index in [9.17, 15) is 0 Å². The Morgan fingerprint density at radius 1 is 1.55 bits per heavy atom. The molecule has 0 spiro atoms. The normalized spacial score (nSPS) is 13.5. The van der Waals surface area contributed by atoms with E-state index in [1.165, 1.54) is 5.56 Å². The Labute approximate surface area is 75.9 Å². The summed E-state index contributed by atoms with van der Waals surface area (Å²) < 4.78 is 5.39. The fourth-order valence-electron chi connectivity index (χ4n) is 1.19. The van der Waals surface area contributed by atoms with E-state index in [-0.39, 0.29) is 0 Å². The molecule has 1 nitrogen and oxygen atoms in total. The summed E-state index contributed by atoms with van der Waals surface area (Å²) in [4.78, 5) is 0.526. The van der Waals surface area contributed by atoms with Crippen molar-refractivity contribution in [1.29, 1.82) is 0 Å². The number of hydrogen-bond donors (Lipinski definition) is 0. The average molecular weight is 217 g/mol. The van der Waals surface area contributed by atoms with E-state index in [0.29, 0.717) is 4.83 Å². The van der Waals surface area contributed by atoms with Gasteiger partial charge in [-0.2, -0.15) is 0 Å². The molecule has 1 aromatic heterocycles. The van der Waals surface area contributed by atoms with Gasteiger partial charge in [0.2, 0.25) is 0 Å². The van der Waals surface area contributed by atoms with Crippen molar-refractivity contribution in [2.75, 3.05) is 0 Å². The van der Waals surface area contributed by atoms with Gasteiger partial charge in [-0.3, -0.25) is 0 Å². The number of aryl methyl sites for hydroxylation is 2. The molecule has 1 heterocycles. The smallest absolute Gasteiger partial charge is 0.104 e. The maximum absolute atomic E-state index is 5.39. The average Bonchev–Trinajstić information content (AvgIpc) is 2.09. The minimum Gasteiger partial charge on any atom is -0.466 e. The maximum Gasteiger partial charge on any atom is 0.104 e. The first-order valence-electron chi connectivity index (χ1n) is 3.79. The monoisotopic (exact) mass is 216 g/mol. The number of hydrogen-bond acceptors (Lipinski definition) is 1. The number of alkyl halides is 1. The van der Waals surface area contributed by atoms with Crippen LogP contribution in [0.25, 0.3) is 0 Å². The van der Waals surface area contributed by atoms with Gasteiger partial charge in [0.25, 0.3) is 0 Å². The van der Waals surface area contributed by atoms with Crippen LogP contribution in [-0.4, -0.2) is 4.83 Å². The summed E-state index contributed by atoms with van der Waals surface area (Å²) in [5.41, 5.74) is 1.31. The topological polar surface area (TPSA) is 13.1 Å². The van der Waals surface area contributed by atoms with Gasteiger partial charge in [0.05, 0.1) is 0 Å². The third kappa shape index (κ3) is 2.37. The second-order valence-electron chi connectivity index (χ2n) is 2.92. The summed E-state index contributed by atoms with van der Waals surface area (Å²) in [7, 11) is 0. The summed E-state index contributed by atoms with van der Waals surface area (Å²) in [5, 5.41) is 0. The first-order chi connectivity index (χ1) is 5.09. The first-order valence-corrected chi connectivity index (χ1v) is 4.71. The summed E-state index contributed by atoms with van der Waals surface area (Å²) >= 11 is 3.51. The number of rotatable bonds is 2. The molecule has 0 saturated heterocycles. The molecule has 1 unspecified atom stereocenters. The van der Waals surface area contributed by atoms with E-state index in [4.69, 9.17) is 4.42 Å². The zero-order valence-electron chi connectivity index (χ0n) is 7.15. The van der Waals surface area contributed by atoms with Crippen molar-refractivity contribution >= 4 is 15.9 Å². The van der Waals surface area contributed by atoms with Gasteiger partial charge in [0, 0.05) is 4.83 Å². The SMILES string of the molecule is Cc1cc(CC(C)Br)c(C)o1. The molecule has 0 amide bonds. The minimum absolute atomic E-state index is 0.526. The van der Waals surface area contributed by atoms with Crippen LogP contribution in [0, 0.1) is 13.8 Å². The zero-order valence-corrected chi connectivity index (χ0v) is 8.73. The van der Waals surface area contributed by atoms with Crippen molar-refractivity contribution in [2.24, 2.45) is 0 Å². The van der Waals surface area contributed by atoms with Crippen LogP contribution in [0.3, 0.4) is 0 Å². The lowest BCUT2D eigenvalue weighted by Gasteiger charge is -1.99. The maximum atomic E-state index is 5.39. The lowest BCUT2D eigenvalue weighted by Crippen LogP contribution is -1.95. The molecule has 0 fully saturated rings. The van der Waals surface area contributed by atoms with Crippen LogP contribution in [0.5, 0.6) is 0 Å². The largest absolute Gasteiger partial charge is 0.466 e. The molecule has 1 atom stereocenters. The van der Waals surface area contributed by atoms with Crippen LogP contribution in [0.1, 0.15) is 24.0 Å². The van der Waals surface area contributed by atoms with Crippen LogP contribution in [-0.2, 0) is 6.42 Å². The lowest BCUT2D eigenvalue weighted by atomic mass is 10.1. The van der Waals surface area contributed by atoms with Crippen LogP contribution in [0.2, 0.25) is 0 Å². The molecular formula is C9H13BrO. The second-order valence-corrected chi connectivity index (χ2v) is 4.49. The van der Waals surface area contributed by atoms with Crippen molar-refractivity contribution in [1.82, 2.24) is 0 Å². The molecule has 0 aliphatic carbocycles. The van der Waals surface area contributed by atoms with Gasteiger partial charge in [-0.1, -0.05) is 22.9 Å². The van der Waals surface area contributed by atoms with Crippen molar-refractivity contribution in [2.45, 2.75) is 32.0 Å². The first kappa shape index (κ1) is 8.85. The molecule has 0 saturated carbocycles. The van der Waals surface area contributed by atoms with Crippen LogP contribution in [0.15, 0.2) is 10.5 Å². The quantitative estimate of drug-likeness (QED) is 0.693. The third-order valence-electron chi connectivity index (χ3n) is 1.64. The Balaban J connectivity index is 2.77. The van der Waals surface area contributed by atoms with Gasteiger partial charge < -0.3 is 4.42 Å². The van der Waals surface area contributed by atoms with Gasteiger partial charge in [-0.05, 0) is 31.9 Å². The van der Waals surface area contributed by atoms with Gasteiger partial charge >= 0.3 is 0 Å². The summed E-state index contributed by atoms with van der Waals surface area (Å²) in [6.45, 7) is 6.13. The number of furan rings is 1. The van der Waals surface area contributed by atoms with Crippen molar-refractivity contribution in [3.63, 3.8) is 0 Å². The molecule has 1 aromatic rings. The highest BCUT2D eigenvalue weighted by molar-refractivity contribution is 9.09. The highest BCUT2D eigenvalue weighted by atomic mass is 79.9. The highest BCUT2D eigenvalue weighted by Gasteiger charge is 2.06. The summed E-state index contributed by atoms with van der Waals surface area (Å²) in [5.74, 6) is 2.06. The van der Waals surface area contributed by atoms with E-state index in [1.54, 1.807) is 0 Å². The van der Waals surface area contributed by atoms with Crippen LogP contribution >= 0.6 is 15.9 Å². The van der Waals surface area contributed by atoms with Gasteiger partial charge in [-0.15, -0.1) is 0 Å².